The maximum Gasteiger partial charge on any atom is 0.237 e. The van der Waals surface area contributed by atoms with Gasteiger partial charge >= 0.3 is 0 Å². The lowest BCUT2D eigenvalue weighted by Crippen LogP contribution is -2.51. The number of rotatable bonds is 9. The second-order valence-electron chi connectivity index (χ2n) is 9.56. The van der Waals surface area contributed by atoms with E-state index in [4.69, 9.17) is 5.26 Å². The van der Waals surface area contributed by atoms with Crippen molar-refractivity contribution in [3.63, 3.8) is 0 Å². The third kappa shape index (κ3) is 6.14. The first-order valence-electron chi connectivity index (χ1n) is 12.8. The van der Waals surface area contributed by atoms with Gasteiger partial charge in [-0.2, -0.15) is 5.26 Å². The Labute approximate surface area is 218 Å². The van der Waals surface area contributed by atoms with Crippen LogP contribution in [0.3, 0.4) is 0 Å². The van der Waals surface area contributed by atoms with Crippen LogP contribution in [-0.2, 0) is 37.1 Å². The van der Waals surface area contributed by atoms with Crippen LogP contribution in [0.1, 0.15) is 33.5 Å². The van der Waals surface area contributed by atoms with Crippen LogP contribution < -0.4 is 5.32 Å². The summed E-state index contributed by atoms with van der Waals surface area (Å²) in [5.74, 6) is 0.0840. The van der Waals surface area contributed by atoms with Crippen molar-refractivity contribution < 1.29 is 4.79 Å². The Balaban J connectivity index is 1.20. The second kappa shape index (κ2) is 11.7. The normalized spacial score (nSPS) is 15.1. The van der Waals surface area contributed by atoms with E-state index in [0.717, 1.165) is 37.2 Å². The third-order valence-electron chi connectivity index (χ3n) is 7.09. The van der Waals surface area contributed by atoms with E-state index in [9.17, 15) is 4.79 Å². The highest BCUT2D eigenvalue weighted by atomic mass is 16.2. The summed E-state index contributed by atoms with van der Waals surface area (Å²) in [7, 11) is 0. The van der Waals surface area contributed by atoms with Crippen molar-refractivity contribution in [1.29, 1.82) is 5.26 Å². The van der Waals surface area contributed by atoms with Crippen LogP contribution in [0.25, 0.3) is 0 Å². The Kier molecular flexibility index (Phi) is 7.73. The summed E-state index contributed by atoms with van der Waals surface area (Å²) in [6.45, 7) is 2.87. The van der Waals surface area contributed by atoms with Crippen molar-refractivity contribution in [2.75, 3.05) is 13.1 Å². The summed E-state index contributed by atoms with van der Waals surface area (Å²) in [6.07, 6.45) is 6.03. The molecule has 1 aliphatic heterocycles. The number of hydrogen-bond acceptors (Lipinski definition) is 4. The SMILES string of the molecule is N#Cc1ccc(Cn2cncc2CCNC(=O)[C@@H]2Cc3ccccc3CN2CCc2ccccc2)cc1. The molecule has 1 aliphatic rings. The van der Waals surface area contributed by atoms with Crippen molar-refractivity contribution in [3.05, 3.63) is 125 Å². The molecule has 1 atom stereocenters. The molecule has 2 heterocycles. The molecule has 0 unspecified atom stereocenters. The number of benzene rings is 3. The highest BCUT2D eigenvalue weighted by molar-refractivity contribution is 5.82. The molecule has 4 aromatic rings. The average Bonchev–Trinajstić information content (AvgIpc) is 3.38. The lowest BCUT2D eigenvalue weighted by atomic mass is 9.93. The van der Waals surface area contributed by atoms with E-state index in [1.165, 1.54) is 16.7 Å². The molecule has 0 saturated carbocycles. The number of aromatic nitrogens is 2. The molecule has 6 nitrogen and oxygen atoms in total. The fraction of sp³-hybridized carbons (Fsp3) is 0.258. The summed E-state index contributed by atoms with van der Waals surface area (Å²) in [5.41, 5.74) is 6.69. The molecular formula is C31H31N5O. The number of fused-ring (bicyclic) bond motifs is 1. The molecule has 0 fully saturated rings. The first-order chi connectivity index (χ1) is 18.2. The summed E-state index contributed by atoms with van der Waals surface area (Å²) in [4.78, 5) is 20.0. The smallest absolute Gasteiger partial charge is 0.237 e. The van der Waals surface area contributed by atoms with Crippen LogP contribution in [0.15, 0.2) is 91.4 Å². The van der Waals surface area contributed by atoms with Crippen molar-refractivity contribution >= 4 is 5.91 Å². The Morgan fingerprint density at radius 2 is 1.70 bits per heavy atom. The van der Waals surface area contributed by atoms with Crippen LogP contribution in [0.2, 0.25) is 0 Å². The molecule has 6 heteroatoms. The van der Waals surface area contributed by atoms with Gasteiger partial charge in [0, 0.05) is 44.5 Å². The number of carbonyl (C=O) groups is 1. The zero-order valence-electron chi connectivity index (χ0n) is 20.9. The van der Waals surface area contributed by atoms with Gasteiger partial charge in [-0.05, 0) is 47.2 Å². The number of nitrogens with zero attached hydrogens (tertiary/aromatic N) is 4. The van der Waals surface area contributed by atoms with E-state index in [2.05, 4.69) is 74.4 Å². The summed E-state index contributed by atoms with van der Waals surface area (Å²) in [5, 5.41) is 12.2. The highest BCUT2D eigenvalue weighted by Gasteiger charge is 2.31. The third-order valence-corrected chi connectivity index (χ3v) is 7.09. The number of imidazole rings is 1. The maximum atomic E-state index is 13.4. The first-order valence-corrected chi connectivity index (χ1v) is 12.8. The Bertz CT molecular complexity index is 1370. The molecule has 3 aromatic carbocycles. The molecule has 1 amide bonds. The molecule has 0 bridgehead atoms. The fourth-order valence-corrected chi connectivity index (χ4v) is 5.00. The van der Waals surface area contributed by atoms with Crippen molar-refractivity contribution in [1.82, 2.24) is 19.8 Å². The monoisotopic (exact) mass is 489 g/mol. The molecular weight excluding hydrogens is 458 g/mol. The van der Waals surface area contributed by atoms with E-state index in [-0.39, 0.29) is 11.9 Å². The zero-order chi connectivity index (χ0) is 25.5. The average molecular weight is 490 g/mol. The number of hydrogen-bond donors (Lipinski definition) is 1. The minimum absolute atomic E-state index is 0.0840. The van der Waals surface area contributed by atoms with Gasteiger partial charge < -0.3 is 9.88 Å². The minimum atomic E-state index is -0.179. The minimum Gasteiger partial charge on any atom is -0.354 e. The highest BCUT2D eigenvalue weighted by Crippen LogP contribution is 2.24. The molecule has 37 heavy (non-hydrogen) atoms. The van der Waals surface area contributed by atoms with E-state index in [1.54, 1.807) is 0 Å². The lowest BCUT2D eigenvalue weighted by molar-refractivity contribution is -0.127. The molecule has 1 N–H and O–H groups in total. The molecule has 1 aromatic heterocycles. The second-order valence-corrected chi connectivity index (χ2v) is 9.56. The van der Waals surface area contributed by atoms with E-state index < -0.39 is 0 Å². The largest absolute Gasteiger partial charge is 0.354 e. The van der Waals surface area contributed by atoms with Gasteiger partial charge in [-0.25, -0.2) is 4.98 Å². The van der Waals surface area contributed by atoms with E-state index in [1.807, 2.05) is 42.9 Å². The van der Waals surface area contributed by atoms with Crippen LogP contribution in [0, 0.1) is 11.3 Å². The summed E-state index contributed by atoms with van der Waals surface area (Å²) < 4.78 is 2.09. The van der Waals surface area contributed by atoms with Gasteiger partial charge in [-0.3, -0.25) is 9.69 Å². The Morgan fingerprint density at radius 3 is 2.49 bits per heavy atom. The quantitative estimate of drug-likeness (QED) is 0.384. The number of amides is 1. The van der Waals surface area contributed by atoms with Gasteiger partial charge in [0.15, 0.2) is 0 Å². The number of nitrogens with one attached hydrogen (secondary N) is 1. The van der Waals surface area contributed by atoms with Crippen molar-refractivity contribution in [3.8, 4) is 6.07 Å². The predicted molar refractivity (Wildman–Crippen MR) is 144 cm³/mol. The van der Waals surface area contributed by atoms with Crippen molar-refractivity contribution in [2.24, 2.45) is 0 Å². The molecule has 0 aliphatic carbocycles. The Morgan fingerprint density at radius 1 is 0.946 bits per heavy atom. The van der Waals surface area contributed by atoms with Crippen LogP contribution in [0.5, 0.6) is 0 Å². The van der Waals surface area contributed by atoms with Gasteiger partial charge in [0.1, 0.15) is 0 Å². The van der Waals surface area contributed by atoms with Crippen LogP contribution >= 0.6 is 0 Å². The van der Waals surface area contributed by atoms with E-state index >= 15 is 0 Å². The lowest BCUT2D eigenvalue weighted by Gasteiger charge is -2.36. The van der Waals surface area contributed by atoms with Gasteiger partial charge in [0.05, 0.1) is 24.0 Å². The summed E-state index contributed by atoms with van der Waals surface area (Å²) in [6, 6.07) is 28.5. The van der Waals surface area contributed by atoms with Crippen LogP contribution in [-0.4, -0.2) is 39.5 Å². The maximum absolute atomic E-state index is 13.4. The number of nitriles is 1. The number of carbonyl (C=O) groups excluding carboxylic acids is 1. The van der Waals surface area contributed by atoms with E-state index in [0.29, 0.717) is 25.1 Å². The molecule has 5 rings (SSSR count). The molecule has 0 spiro atoms. The standard InChI is InChI=1S/C31H31N5O/c32-19-25-10-12-26(13-11-25)21-36-23-33-20-29(36)14-16-34-31(37)30-18-27-8-4-5-9-28(27)22-35(30)17-15-24-6-2-1-3-7-24/h1-13,20,23,30H,14-18,21-22H2,(H,34,37)/t30-/m0/s1. The Hall–Kier alpha value is -4.21. The molecule has 186 valence electrons. The fourth-order valence-electron chi connectivity index (χ4n) is 5.00. The summed E-state index contributed by atoms with van der Waals surface area (Å²) >= 11 is 0. The topological polar surface area (TPSA) is 74.0 Å². The van der Waals surface area contributed by atoms with Crippen molar-refractivity contribution in [2.45, 2.75) is 38.4 Å². The van der Waals surface area contributed by atoms with Gasteiger partial charge in [0.25, 0.3) is 0 Å². The molecule has 0 radical (unpaired) electrons. The van der Waals surface area contributed by atoms with Gasteiger partial charge in [-0.15, -0.1) is 0 Å². The first kappa shape index (κ1) is 24.5. The van der Waals surface area contributed by atoms with Gasteiger partial charge in [-0.1, -0.05) is 66.7 Å². The zero-order valence-corrected chi connectivity index (χ0v) is 20.9. The van der Waals surface area contributed by atoms with Gasteiger partial charge in [0.2, 0.25) is 5.91 Å². The van der Waals surface area contributed by atoms with Crippen LogP contribution in [0.4, 0.5) is 0 Å². The predicted octanol–water partition coefficient (Wildman–Crippen LogP) is 4.13. The molecule has 0 saturated heterocycles.